The summed E-state index contributed by atoms with van der Waals surface area (Å²) in [6.45, 7) is 1.12. The molecule has 13 nitrogen and oxygen atoms in total. The molecule has 1 saturated heterocycles. The number of oxazole rings is 1. The van der Waals surface area contributed by atoms with Crippen LogP contribution in [0.5, 0.6) is 0 Å². The molecule has 1 fully saturated rings. The molecule has 0 aliphatic carbocycles. The second kappa shape index (κ2) is 12.6. The monoisotopic (exact) mass is 690 g/mol. The van der Waals surface area contributed by atoms with Crippen LogP contribution in [0.2, 0.25) is 0 Å². The minimum atomic E-state index is -3.26. The summed E-state index contributed by atoms with van der Waals surface area (Å²) in [6, 6.07) is 14.7. The first kappa shape index (κ1) is 31.7. The number of aromatic nitrogens is 5. The molecule has 2 aromatic carbocycles. The second-order valence-corrected chi connectivity index (χ2v) is 14.5. The van der Waals surface area contributed by atoms with Gasteiger partial charge in [-0.15, -0.1) is 11.3 Å². The SMILES string of the molecule is CN(c1nc(-c2ccc(F)cc2)cs1)c1c(CCNC(=O)c2ccc3[nH]c(=O)oc3c2)nc2ccc(C3CCN(S(C)(=O)=O)CC3)nn12. The largest absolute Gasteiger partial charge is 0.417 e. The van der Waals surface area contributed by atoms with Gasteiger partial charge in [-0.3, -0.25) is 9.78 Å². The Balaban J connectivity index is 1.17. The molecule has 248 valence electrons. The molecule has 0 spiro atoms. The smallest absolute Gasteiger partial charge is 0.408 e. The van der Waals surface area contributed by atoms with Crippen molar-refractivity contribution in [1.29, 1.82) is 0 Å². The fourth-order valence-electron chi connectivity index (χ4n) is 5.93. The summed E-state index contributed by atoms with van der Waals surface area (Å²) < 4.78 is 46.0. The predicted molar refractivity (Wildman–Crippen MR) is 180 cm³/mol. The Hall–Kier alpha value is -4.93. The molecular formula is C32H31FN8O5S2. The third kappa shape index (κ3) is 6.33. The average molecular weight is 691 g/mol. The van der Waals surface area contributed by atoms with E-state index in [1.807, 2.05) is 29.5 Å². The zero-order valence-corrected chi connectivity index (χ0v) is 27.6. The van der Waals surface area contributed by atoms with Crippen molar-refractivity contribution in [2.24, 2.45) is 0 Å². The van der Waals surface area contributed by atoms with Crippen LogP contribution in [0, 0.1) is 5.82 Å². The third-order valence-electron chi connectivity index (χ3n) is 8.45. The number of amides is 1. The first-order valence-electron chi connectivity index (χ1n) is 15.2. The lowest BCUT2D eigenvalue weighted by molar-refractivity contribution is 0.0954. The number of nitrogens with one attached hydrogen (secondary N) is 2. The number of nitrogens with zero attached hydrogens (tertiary/aromatic N) is 6. The van der Waals surface area contributed by atoms with E-state index in [1.165, 1.54) is 40.1 Å². The fourth-order valence-corrected chi connectivity index (χ4v) is 7.61. The number of piperidine rings is 1. The molecule has 4 aromatic heterocycles. The molecule has 5 heterocycles. The Kier molecular flexibility index (Phi) is 8.30. The van der Waals surface area contributed by atoms with E-state index in [4.69, 9.17) is 19.5 Å². The molecule has 48 heavy (non-hydrogen) atoms. The lowest BCUT2D eigenvalue weighted by Crippen LogP contribution is -2.37. The number of rotatable bonds is 9. The van der Waals surface area contributed by atoms with Crippen LogP contribution in [0.3, 0.4) is 0 Å². The third-order valence-corrected chi connectivity index (χ3v) is 10.7. The maximum atomic E-state index is 13.5. The minimum Gasteiger partial charge on any atom is -0.408 e. The van der Waals surface area contributed by atoms with E-state index in [1.54, 1.807) is 28.8 Å². The Morgan fingerprint density at radius 1 is 1.12 bits per heavy atom. The van der Waals surface area contributed by atoms with Crippen LogP contribution in [0.1, 0.15) is 40.5 Å². The highest BCUT2D eigenvalue weighted by Crippen LogP contribution is 2.34. The Bertz CT molecular complexity index is 2300. The van der Waals surface area contributed by atoms with Gasteiger partial charge in [0.05, 0.1) is 28.9 Å². The van der Waals surface area contributed by atoms with Gasteiger partial charge in [-0.05, 0) is 67.4 Å². The van der Waals surface area contributed by atoms with E-state index in [-0.39, 0.29) is 24.2 Å². The van der Waals surface area contributed by atoms with E-state index >= 15 is 0 Å². The van der Waals surface area contributed by atoms with Crippen molar-refractivity contribution in [3.63, 3.8) is 0 Å². The number of hydrogen-bond donors (Lipinski definition) is 2. The van der Waals surface area contributed by atoms with Gasteiger partial charge in [0.2, 0.25) is 10.0 Å². The van der Waals surface area contributed by atoms with Gasteiger partial charge in [-0.1, -0.05) is 0 Å². The minimum absolute atomic E-state index is 0.0717. The van der Waals surface area contributed by atoms with Gasteiger partial charge in [0.1, 0.15) is 5.82 Å². The van der Waals surface area contributed by atoms with Crippen molar-refractivity contribution in [3.05, 3.63) is 93.3 Å². The summed E-state index contributed by atoms with van der Waals surface area (Å²) in [6.07, 6.45) is 2.90. The normalized spacial score (nSPS) is 14.6. The molecule has 1 aliphatic heterocycles. The molecule has 6 aromatic rings. The molecule has 2 N–H and O–H groups in total. The topological polar surface area (TPSA) is 159 Å². The fraction of sp³-hybridized carbons (Fsp3) is 0.281. The number of carbonyl (C=O) groups is 1. The maximum absolute atomic E-state index is 13.5. The van der Waals surface area contributed by atoms with E-state index < -0.39 is 15.8 Å². The zero-order valence-electron chi connectivity index (χ0n) is 26.0. The molecule has 1 aliphatic rings. The number of benzene rings is 2. The number of halogens is 1. The molecule has 1 amide bonds. The lowest BCUT2D eigenvalue weighted by Gasteiger charge is -2.29. The van der Waals surface area contributed by atoms with Gasteiger partial charge in [0.25, 0.3) is 5.91 Å². The van der Waals surface area contributed by atoms with Crippen molar-refractivity contribution in [2.45, 2.75) is 25.2 Å². The van der Waals surface area contributed by atoms with Crippen LogP contribution < -0.4 is 16.0 Å². The highest BCUT2D eigenvalue weighted by atomic mass is 32.2. The number of thiazole rings is 1. The quantitative estimate of drug-likeness (QED) is 0.226. The van der Waals surface area contributed by atoms with Crippen molar-refractivity contribution in [3.8, 4) is 11.3 Å². The molecule has 0 radical (unpaired) electrons. The number of carbonyl (C=O) groups excluding carboxylic acids is 1. The average Bonchev–Trinajstić information content (AvgIpc) is 3.80. The van der Waals surface area contributed by atoms with E-state index in [0.717, 1.165) is 11.3 Å². The van der Waals surface area contributed by atoms with Crippen molar-refractivity contribution < 1.29 is 22.0 Å². The van der Waals surface area contributed by atoms with Crippen LogP contribution in [-0.2, 0) is 16.4 Å². The summed E-state index contributed by atoms with van der Waals surface area (Å²) in [4.78, 5) is 38.7. The number of imidazole rings is 1. The van der Waals surface area contributed by atoms with Gasteiger partial charge >= 0.3 is 5.76 Å². The number of H-pyrrole nitrogens is 1. The van der Waals surface area contributed by atoms with E-state index in [0.29, 0.717) is 77.0 Å². The van der Waals surface area contributed by atoms with Gasteiger partial charge in [-0.2, -0.15) is 9.61 Å². The maximum Gasteiger partial charge on any atom is 0.417 e. The number of aromatic amines is 1. The van der Waals surface area contributed by atoms with Crippen LogP contribution in [0.25, 0.3) is 28.0 Å². The van der Waals surface area contributed by atoms with Crippen molar-refractivity contribution in [2.75, 3.05) is 37.8 Å². The first-order valence-corrected chi connectivity index (χ1v) is 18.0. The molecule has 0 atom stereocenters. The van der Waals surface area contributed by atoms with E-state index in [2.05, 4.69) is 10.3 Å². The summed E-state index contributed by atoms with van der Waals surface area (Å²) in [5, 5.41) is 10.5. The summed E-state index contributed by atoms with van der Waals surface area (Å²) in [5.41, 5.74) is 4.76. The number of sulfonamides is 1. The van der Waals surface area contributed by atoms with Crippen LogP contribution in [-0.4, -0.2) is 76.1 Å². The Morgan fingerprint density at radius 3 is 2.65 bits per heavy atom. The Morgan fingerprint density at radius 2 is 1.90 bits per heavy atom. The number of hydrogen-bond acceptors (Lipinski definition) is 10. The summed E-state index contributed by atoms with van der Waals surface area (Å²) in [5.74, 6) is -0.502. The lowest BCUT2D eigenvalue weighted by atomic mass is 9.94. The van der Waals surface area contributed by atoms with Crippen LogP contribution >= 0.6 is 11.3 Å². The molecule has 16 heteroatoms. The number of fused-ring (bicyclic) bond motifs is 2. The second-order valence-electron chi connectivity index (χ2n) is 11.7. The molecule has 0 bridgehead atoms. The van der Waals surface area contributed by atoms with Crippen LogP contribution in [0.4, 0.5) is 15.3 Å². The van der Waals surface area contributed by atoms with Gasteiger partial charge in [0, 0.05) is 55.5 Å². The van der Waals surface area contributed by atoms with Crippen molar-refractivity contribution >= 4 is 55.0 Å². The molecule has 0 unspecified atom stereocenters. The van der Waals surface area contributed by atoms with Crippen molar-refractivity contribution in [1.82, 2.24) is 34.2 Å². The van der Waals surface area contributed by atoms with Crippen LogP contribution in [0.15, 0.2) is 69.2 Å². The highest BCUT2D eigenvalue weighted by molar-refractivity contribution is 7.88. The number of anilines is 2. The molecule has 7 rings (SSSR count). The first-order chi connectivity index (χ1) is 23.0. The molecule has 0 saturated carbocycles. The highest BCUT2D eigenvalue weighted by Gasteiger charge is 2.28. The van der Waals surface area contributed by atoms with E-state index in [9.17, 15) is 22.4 Å². The Labute approximate surface area is 278 Å². The zero-order chi connectivity index (χ0) is 33.6. The summed E-state index contributed by atoms with van der Waals surface area (Å²) in [7, 11) is -1.38. The van der Waals surface area contributed by atoms with Gasteiger partial charge in [0.15, 0.2) is 22.2 Å². The van der Waals surface area contributed by atoms with Gasteiger partial charge in [-0.25, -0.2) is 31.9 Å². The standard InChI is InChI=1S/C32H31FN8O5S2/c1-39(31-36-26(18-47-31)19-3-6-22(33)7-4-19)30-25(11-14-34-29(42)21-5-8-24-27(17-21)46-32(43)37-24)35-28-10-9-23(38-41(28)30)20-12-15-40(16-13-20)48(2,44)45/h3-10,17-18,20H,11-16H2,1-2H3,(H,34,42)(H,37,43). The van der Waals surface area contributed by atoms with Gasteiger partial charge < -0.3 is 14.6 Å². The molecular weight excluding hydrogens is 660 g/mol. The predicted octanol–water partition coefficient (Wildman–Crippen LogP) is 4.31. The summed E-state index contributed by atoms with van der Waals surface area (Å²) >= 11 is 1.42.